The molecular formula is C15H20N2O. The molecule has 0 saturated heterocycles. The average Bonchev–Trinajstić information content (AvgIpc) is 2.81. The van der Waals surface area contributed by atoms with Crippen LogP contribution in [0.3, 0.4) is 0 Å². The van der Waals surface area contributed by atoms with E-state index in [2.05, 4.69) is 41.6 Å². The fraction of sp³-hybridized carbons (Fsp3) is 0.467. The van der Waals surface area contributed by atoms with Crippen molar-refractivity contribution in [1.29, 1.82) is 0 Å². The van der Waals surface area contributed by atoms with Crippen molar-refractivity contribution < 1.29 is 5.11 Å². The molecule has 96 valence electrons. The SMILES string of the molecule is CCCNC1(CO)Cc2cccc3[nH]cc(c23)C1. The van der Waals surface area contributed by atoms with Gasteiger partial charge in [0, 0.05) is 22.6 Å². The van der Waals surface area contributed by atoms with Crippen molar-refractivity contribution in [2.75, 3.05) is 13.2 Å². The third-order valence-corrected chi connectivity index (χ3v) is 3.98. The zero-order valence-electron chi connectivity index (χ0n) is 10.8. The van der Waals surface area contributed by atoms with Crippen molar-refractivity contribution in [2.24, 2.45) is 0 Å². The zero-order valence-corrected chi connectivity index (χ0v) is 10.8. The third-order valence-electron chi connectivity index (χ3n) is 3.98. The minimum atomic E-state index is -0.181. The molecule has 3 nitrogen and oxygen atoms in total. The molecule has 3 heteroatoms. The Morgan fingerprint density at radius 1 is 1.33 bits per heavy atom. The fourth-order valence-electron chi connectivity index (χ4n) is 3.10. The molecule has 1 aliphatic rings. The van der Waals surface area contributed by atoms with Crippen LogP contribution in [0.5, 0.6) is 0 Å². The van der Waals surface area contributed by atoms with Crippen molar-refractivity contribution in [3.05, 3.63) is 35.5 Å². The molecule has 1 heterocycles. The summed E-state index contributed by atoms with van der Waals surface area (Å²) in [5.74, 6) is 0. The monoisotopic (exact) mass is 244 g/mol. The highest BCUT2D eigenvalue weighted by molar-refractivity contribution is 5.87. The van der Waals surface area contributed by atoms with Crippen LogP contribution in [0.1, 0.15) is 24.5 Å². The van der Waals surface area contributed by atoms with Crippen LogP contribution in [0.25, 0.3) is 10.9 Å². The molecule has 3 N–H and O–H groups in total. The minimum Gasteiger partial charge on any atom is -0.394 e. The van der Waals surface area contributed by atoms with Gasteiger partial charge in [0.25, 0.3) is 0 Å². The van der Waals surface area contributed by atoms with Gasteiger partial charge in [-0.15, -0.1) is 0 Å². The van der Waals surface area contributed by atoms with Crippen molar-refractivity contribution in [3.8, 4) is 0 Å². The predicted octanol–water partition coefficient (Wildman–Crippen LogP) is 2.00. The van der Waals surface area contributed by atoms with Crippen LogP contribution in [-0.2, 0) is 12.8 Å². The van der Waals surface area contributed by atoms with Crippen LogP contribution in [0.15, 0.2) is 24.4 Å². The van der Waals surface area contributed by atoms with Crippen LogP contribution in [-0.4, -0.2) is 28.8 Å². The Labute approximate surface area is 107 Å². The number of hydrogen-bond acceptors (Lipinski definition) is 2. The van der Waals surface area contributed by atoms with Gasteiger partial charge in [-0.1, -0.05) is 19.1 Å². The normalized spacial score (nSPS) is 22.6. The van der Waals surface area contributed by atoms with Gasteiger partial charge in [-0.25, -0.2) is 0 Å². The quantitative estimate of drug-likeness (QED) is 0.770. The first-order valence-corrected chi connectivity index (χ1v) is 6.72. The number of H-pyrrole nitrogens is 1. The maximum absolute atomic E-state index is 9.81. The number of aromatic nitrogens is 1. The molecular weight excluding hydrogens is 224 g/mol. The molecule has 0 saturated carbocycles. The Morgan fingerprint density at radius 3 is 2.94 bits per heavy atom. The lowest BCUT2D eigenvalue weighted by Gasteiger charge is -2.36. The minimum absolute atomic E-state index is 0.181. The molecule has 0 amide bonds. The lowest BCUT2D eigenvalue weighted by molar-refractivity contribution is 0.157. The van der Waals surface area contributed by atoms with Gasteiger partial charge in [-0.2, -0.15) is 0 Å². The van der Waals surface area contributed by atoms with Crippen LogP contribution in [0, 0.1) is 0 Å². The topological polar surface area (TPSA) is 48.0 Å². The van der Waals surface area contributed by atoms with Gasteiger partial charge >= 0.3 is 0 Å². The molecule has 2 aromatic rings. The van der Waals surface area contributed by atoms with Crippen molar-refractivity contribution in [3.63, 3.8) is 0 Å². The highest BCUT2D eigenvalue weighted by atomic mass is 16.3. The first-order valence-electron chi connectivity index (χ1n) is 6.72. The number of hydrogen-bond donors (Lipinski definition) is 3. The van der Waals surface area contributed by atoms with Gasteiger partial charge in [-0.3, -0.25) is 0 Å². The summed E-state index contributed by atoms with van der Waals surface area (Å²) in [5, 5.41) is 14.7. The Kier molecular flexibility index (Phi) is 2.88. The number of benzene rings is 1. The summed E-state index contributed by atoms with van der Waals surface area (Å²) in [6.45, 7) is 3.30. The summed E-state index contributed by atoms with van der Waals surface area (Å²) in [4.78, 5) is 3.33. The standard InChI is InChI=1S/C15H20N2O/c1-2-6-17-15(10-18)7-11-4-3-5-13-14(11)12(8-15)9-16-13/h3-5,9,16-18H,2,6-8,10H2,1H3. The van der Waals surface area contributed by atoms with E-state index in [-0.39, 0.29) is 12.1 Å². The van der Waals surface area contributed by atoms with E-state index in [1.54, 1.807) is 0 Å². The van der Waals surface area contributed by atoms with E-state index in [9.17, 15) is 5.11 Å². The smallest absolute Gasteiger partial charge is 0.0619 e. The second-order valence-electron chi connectivity index (χ2n) is 5.37. The molecule has 0 aliphatic heterocycles. The summed E-state index contributed by atoms with van der Waals surface area (Å²) in [5.41, 5.74) is 3.70. The summed E-state index contributed by atoms with van der Waals surface area (Å²) in [6, 6.07) is 6.38. The summed E-state index contributed by atoms with van der Waals surface area (Å²) < 4.78 is 0. The second kappa shape index (κ2) is 4.41. The van der Waals surface area contributed by atoms with Crippen molar-refractivity contribution in [1.82, 2.24) is 10.3 Å². The first kappa shape index (κ1) is 11.8. The lowest BCUT2D eigenvalue weighted by atomic mass is 9.79. The zero-order chi connectivity index (χ0) is 12.6. The van der Waals surface area contributed by atoms with E-state index in [1.165, 1.54) is 22.0 Å². The van der Waals surface area contributed by atoms with Crippen LogP contribution in [0.2, 0.25) is 0 Å². The number of rotatable bonds is 4. The molecule has 1 unspecified atom stereocenters. The van der Waals surface area contributed by atoms with Gasteiger partial charge in [0.15, 0.2) is 0 Å². The number of nitrogens with one attached hydrogen (secondary N) is 2. The van der Waals surface area contributed by atoms with E-state index in [4.69, 9.17) is 0 Å². The molecule has 1 aliphatic carbocycles. The van der Waals surface area contributed by atoms with Gasteiger partial charge in [-0.05, 0) is 43.0 Å². The molecule has 0 spiro atoms. The average molecular weight is 244 g/mol. The summed E-state index contributed by atoms with van der Waals surface area (Å²) in [7, 11) is 0. The van der Waals surface area contributed by atoms with Gasteiger partial charge in [0.2, 0.25) is 0 Å². The van der Waals surface area contributed by atoms with Gasteiger partial charge < -0.3 is 15.4 Å². The second-order valence-corrected chi connectivity index (χ2v) is 5.37. The van der Waals surface area contributed by atoms with E-state index in [1.807, 2.05) is 0 Å². The number of aromatic amines is 1. The number of aliphatic hydroxyl groups is 1. The van der Waals surface area contributed by atoms with Gasteiger partial charge in [0.1, 0.15) is 0 Å². The van der Waals surface area contributed by atoms with Gasteiger partial charge in [0.05, 0.1) is 6.61 Å². The van der Waals surface area contributed by atoms with Crippen LogP contribution in [0.4, 0.5) is 0 Å². The molecule has 0 radical (unpaired) electrons. The van der Waals surface area contributed by atoms with E-state index >= 15 is 0 Å². The maximum Gasteiger partial charge on any atom is 0.0619 e. The highest BCUT2D eigenvalue weighted by Gasteiger charge is 2.34. The Morgan fingerprint density at radius 2 is 2.17 bits per heavy atom. The molecule has 1 aromatic carbocycles. The molecule has 0 bridgehead atoms. The van der Waals surface area contributed by atoms with Crippen molar-refractivity contribution in [2.45, 2.75) is 31.7 Å². The highest BCUT2D eigenvalue weighted by Crippen LogP contribution is 2.34. The third kappa shape index (κ3) is 1.74. The Balaban J connectivity index is 2.01. The summed E-state index contributed by atoms with van der Waals surface area (Å²) in [6.07, 6.45) is 4.99. The molecule has 0 fully saturated rings. The Hall–Kier alpha value is -1.32. The molecule has 1 atom stereocenters. The summed E-state index contributed by atoms with van der Waals surface area (Å²) >= 11 is 0. The van der Waals surface area contributed by atoms with Crippen LogP contribution < -0.4 is 5.32 Å². The largest absolute Gasteiger partial charge is 0.394 e. The van der Waals surface area contributed by atoms with Crippen molar-refractivity contribution >= 4 is 10.9 Å². The first-order chi connectivity index (χ1) is 8.78. The maximum atomic E-state index is 9.81. The molecule has 3 rings (SSSR count). The molecule has 1 aromatic heterocycles. The number of aliphatic hydroxyl groups excluding tert-OH is 1. The van der Waals surface area contributed by atoms with Crippen LogP contribution >= 0.6 is 0 Å². The predicted molar refractivity (Wildman–Crippen MR) is 73.8 cm³/mol. The fourth-order valence-corrected chi connectivity index (χ4v) is 3.10. The molecule has 18 heavy (non-hydrogen) atoms. The van der Waals surface area contributed by atoms with E-state index < -0.39 is 0 Å². The Bertz CT molecular complexity index is 561. The van der Waals surface area contributed by atoms with E-state index in [0.717, 1.165) is 25.8 Å². The van der Waals surface area contributed by atoms with E-state index in [0.29, 0.717) is 0 Å². The lowest BCUT2D eigenvalue weighted by Crippen LogP contribution is -2.53.